The second-order valence-electron chi connectivity index (χ2n) is 22.2. The van der Waals surface area contributed by atoms with E-state index in [1.165, 1.54) is 167 Å². The van der Waals surface area contributed by atoms with Gasteiger partial charge in [0.2, 0.25) is 5.91 Å². The van der Waals surface area contributed by atoms with Crippen molar-refractivity contribution < 1.29 is 37.3 Å². The number of phosphoric acid groups is 1. The maximum absolute atomic E-state index is 13.5. The molecule has 0 aromatic heterocycles. The van der Waals surface area contributed by atoms with Crippen molar-refractivity contribution in [2.75, 3.05) is 40.9 Å². The third kappa shape index (κ3) is 54.5. The number of esters is 1. The highest BCUT2D eigenvalue weighted by atomic mass is 31.2. The van der Waals surface area contributed by atoms with Gasteiger partial charge in [0.25, 0.3) is 0 Å². The first-order chi connectivity index (χ1) is 35.9. The van der Waals surface area contributed by atoms with E-state index in [1.807, 2.05) is 33.3 Å². The molecule has 3 atom stereocenters. The van der Waals surface area contributed by atoms with Crippen LogP contribution < -0.4 is 5.32 Å². The van der Waals surface area contributed by atoms with Gasteiger partial charge in [-0.15, -0.1) is 0 Å². The first-order valence-corrected chi connectivity index (χ1v) is 32.6. The van der Waals surface area contributed by atoms with E-state index in [-0.39, 0.29) is 31.5 Å². The summed E-state index contributed by atoms with van der Waals surface area (Å²) >= 11 is 0. The zero-order valence-corrected chi connectivity index (χ0v) is 50.2. The van der Waals surface area contributed by atoms with E-state index in [4.69, 9.17) is 13.8 Å². The van der Waals surface area contributed by atoms with Crippen molar-refractivity contribution >= 4 is 19.7 Å². The topological polar surface area (TPSA) is 111 Å². The highest BCUT2D eigenvalue weighted by Crippen LogP contribution is 2.43. The number of quaternary nitrogens is 1. The summed E-state index contributed by atoms with van der Waals surface area (Å²) in [7, 11) is 1.49. The average molecular weight is 1060 g/mol. The molecule has 0 saturated heterocycles. The van der Waals surface area contributed by atoms with Crippen molar-refractivity contribution in [2.45, 2.75) is 296 Å². The molecule has 432 valence electrons. The number of hydrogen-bond acceptors (Lipinski definition) is 6. The van der Waals surface area contributed by atoms with Crippen LogP contribution in [0.2, 0.25) is 0 Å². The summed E-state index contributed by atoms with van der Waals surface area (Å²) in [6.07, 6.45) is 67.9. The molecule has 0 aliphatic rings. The number of carbonyl (C=O) groups is 2. The number of unbranched alkanes of at least 4 members (excludes halogenated alkanes) is 32. The molecule has 0 saturated carbocycles. The Labute approximate surface area is 458 Å². The zero-order valence-electron chi connectivity index (χ0n) is 49.3. The molecule has 0 rings (SSSR count). The molecule has 0 heterocycles. The fourth-order valence-electron chi connectivity index (χ4n) is 8.82. The molecule has 0 fully saturated rings. The van der Waals surface area contributed by atoms with E-state index in [2.05, 4.69) is 74.7 Å². The van der Waals surface area contributed by atoms with Crippen LogP contribution in [0.25, 0.3) is 0 Å². The van der Waals surface area contributed by atoms with Crippen LogP contribution in [0.4, 0.5) is 0 Å². The number of rotatable bonds is 56. The largest absolute Gasteiger partial charge is 0.472 e. The van der Waals surface area contributed by atoms with E-state index >= 15 is 0 Å². The first-order valence-electron chi connectivity index (χ1n) is 31.1. The molecule has 0 aliphatic heterocycles. The summed E-state index contributed by atoms with van der Waals surface area (Å²) in [6.45, 7) is 6.97. The van der Waals surface area contributed by atoms with Gasteiger partial charge in [0.15, 0.2) is 0 Å². The number of nitrogens with one attached hydrogen (secondary N) is 1. The quantitative estimate of drug-likeness (QED) is 0.0205. The second-order valence-corrected chi connectivity index (χ2v) is 23.7. The van der Waals surface area contributed by atoms with Gasteiger partial charge in [-0.1, -0.05) is 236 Å². The minimum atomic E-state index is -4.45. The Morgan fingerprint density at radius 3 is 1.28 bits per heavy atom. The fourth-order valence-corrected chi connectivity index (χ4v) is 9.56. The molecule has 0 aromatic rings. The van der Waals surface area contributed by atoms with E-state index in [9.17, 15) is 19.0 Å². The van der Waals surface area contributed by atoms with E-state index in [1.54, 1.807) is 0 Å². The van der Waals surface area contributed by atoms with Gasteiger partial charge >= 0.3 is 13.8 Å². The van der Waals surface area contributed by atoms with Crippen LogP contribution >= 0.6 is 7.82 Å². The monoisotopic (exact) mass is 1060 g/mol. The zero-order chi connectivity index (χ0) is 54.3. The van der Waals surface area contributed by atoms with Crippen molar-refractivity contribution in [2.24, 2.45) is 0 Å². The summed E-state index contributed by atoms with van der Waals surface area (Å²) in [4.78, 5) is 37.7. The van der Waals surface area contributed by atoms with E-state index in [0.717, 1.165) is 77.0 Å². The normalized spacial score (nSPS) is 14.1. The highest BCUT2D eigenvalue weighted by molar-refractivity contribution is 7.47. The smallest absolute Gasteiger partial charge is 0.456 e. The molecule has 74 heavy (non-hydrogen) atoms. The van der Waals surface area contributed by atoms with Crippen LogP contribution in [-0.4, -0.2) is 74.3 Å². The van der Waals surface area contributed by atoms with Gasteiger partial charge in [-0.25, -0.2) is 4.57 Å². The predicted molar refractivity (Wildman–Crippen MR) is 318 cm³/mol. The summed E-state index contributed by atoms with van der Waals surface area (Å²) in [5, 5.41) is 3.05. The molecule has 10 heteroatoms. The van der Waals surface area contributed by atoms with Crippen LogP contribution in [0.15, 0.2) is 60.8 Å². The first kappa shape index (κ1) is 71.7. The molecular weight excluding hydrogens is 940 g/mol. The summed E-state index contributed by atoms with van der Waals surface area (Å²) in [5.41, 5.74) is 0. The van der Waals surface area contributed by atoms with Crippen molar-refractivity contribution in [1.29, 1.82) is 0 Å². The van der Waals surface area contributed by atoms with Gasteiger partial charge in [0.1, 0.15) is 19.3 Å². The molecule has 1 amide bonds. The minimum absolute atomic E-state index is 0.0364. The molecule has 0 radical (unpaired) electrons. The van der Waals surface area contributed by atoms with Crippen molar-refractivity contribution in [3.05, 3.63) is 60.8 Å². The van der Waals surface area contributed by atoms with Gasteiger partial charge < -0.3 is 19.4 Å². The molecule has 3 unspecified atom stereocenters. The van der Waals surface area contributed by atoms with Gasteiger partial charge in [-0.2, -0.15) is 0 Å². The van der Waals surface area contributed by atoms with Crippen LogP contribution in [0.1, 0.15) is 284 Å². The van der Waals surface area contributed by atoms with Gasteiger partial charge in [-0.3, -0.25) is 18.6 Å². The molecule has 0 aliphatic carbocycles. The van der Waals surface area contributed by atoms with E-state index in [0.29, 0.717) is 23.9 Å². The Balaban J connectivity index is 5.19. The maximum Gasteiger partial charge on any atom is 0.472 e. The SMILES string of the molecule is CCCCC/C=C\C/C=C\C/C=C\CCCCCCCCCCCCC(=O)NC(COP(=O)(O)OCC[N+](C)(C)C)C(/C=C\CCCCCCCCCCCC)OC(=O)CCCCC/C=C\CCCCCCCC. The average Bonchev–Trinajstić information content (AvgIpc) is 3.36. The lowest BCUT2D eigenvalue weighted by atomic mass is 10.0. The number of amides is 1. The Morgan fingerprint density at radius 1 is 0.473 bits per heavy atom. The summed E-state index contributed by atoms with van der Waals surface area (Å²) < 4.78 is 30.7. The number of hydrogen-bond donors (Lipinski definition) is 2. The van der Waals surface area contributed by atoms with Crippen molar-refractivity contribution in [1.82, 2.24) is 5.32 Å². The molecule has 0 spiro atoms. The Kier molecular flexibility index (Phi) is 52.4. The Bertz CT molecular complexity index is 1450. The van der Waals surface area contributed by atoms with Gasteiger partial charge in [0, 0.05) is 12.8 Å². The molecule has 2 N–H and O–H groups in total. The molecule has 9 nitrogen and oxygen atoms in total. The van der Waals surface area contributed by atoms with Gasteiger partial charge in [-0.05, 0) is 96.0 Å². The summed E-state index contributed by atoms with van der Waals surface area (Å²) in [6, 6.07) is -0.856. The number of carbonyl (C=O) groups excluding carboxylic acids is 2. The lowest BCUT2D eigenvalue weighted by Crippen LogP contribution is -2.47. The van der Waals surface area contributed by atoms with Crippen LogP contribution in [-0.2, 0) is 27.9 Å². The lowest BCUT2D eigenvalue weighted by Gasteiger charge is -2.27. The Hall–Kier alpha value is -2.29. The molecule has 0 aromatic carbocycles. The fraction of sp³-hybridized carbons (Fsp3) is 0.812. The third-order valence-corrected chi connectivity index (χ3v) is 14.7. The lowest BCUT2D eigenvalue weighted by molar-refractivity contribution is -0.870. The van der Waals surface area contributed by atoms with Crippen molar-refractivity contribution in [3.8, 4) is 0 Å². The number of nitrogens with zero attached hydrogens (tertiary/aromatic N) is 1. The number of allylic oxidation sites excluding steroid dienone is 9. The standard InChI is InChI=1S/C64H119N2O7P/c1-7-10-13-16-19-22-25-28-29-30-31-32-33-34-35-36-37-39-41-44-47-50-53-56-63(67)65-61(60-72-74(69,70)71-59-58-66(4,5)6)62(55-52-49-46-43-40-27-24-21-18-15-12-9-3)73-64(68)57-54-51-48-45-42-38-26-23-20-17-14-11-8-2/h19,22,28-29,31-32,38,42,52,55,61-62H,7-18,20-21,23-27,30,33-37,39-41,43-51,53-54,56-60H2,1-6H3,(H-,65,67,69,70)/p+1/b22-19-,29-28-,32-31-,42-38-,55-52-. The highest BCUT2D eigenvalue weighted by Gasteiger charge is 2.30. The second kappa shape index (κ2) is 54.1. The number of phosphoric ester groups is 1. The minimum Gasteiger partial charge on any atom is -0.456 e. The number of likely N-dealkylation sites (N-methyl/N-ethyl adjacent to an activating group) is 1. The summed E-state index contributed by atoms with van der Waals surface area (Å²) in [5.74, 6) is -0.524. The van der Waals surface area contributed by atoms with Crippen LogP contribution in [0.3, 0.4) is 0 Å². The van der Waals surface area contributed by atoms with Crippen molar-refractivity contribution in [3.63, 3.8) is 0 Å². The molecule has 0 bridgehead atoms. The third-order valence-electron chi connectivity index (χ3n) is 13.7. The predicted octanol–water partition coefficient (Wildman–Crippen LogP) is 19.1. The van der Waals surface area contributed by atoms with E-state index < -0.39 is 20.0 Å². The maximum atomic E-state index is 13.5. The number of ether oxygens (including phenoxy) is 1. The van der Waals surface area contributed by atoms with Crippen LogP contribution in [0.5, 0.6) is 0 Å². The Morgan fingerprint density at radius 2 is 0.824 bits per heavy atom. The van der Waals surface area contributed by atoms with Gasteiger partial charge in [0.05, 0.1) is 33.8 Å². The molecular formula is C64H120N2O7P+. The van der Waals surface area contributed by atoms with Crippen LogP contribution in [0, 0.1) is 0 Å².